The highest BCUT2D eigenvalue weighted by Crippen LogP contribution is 2.35. The largest absolute Gasteiger partial charge is 0.478 e. The van der Waals surface area contributed by atoms with E-state index < -0.39 is 16.0 Å². The number of hydrogen-bond acceptors (Lipinski definition) is 4. The first-order valence-corrected chi connectivity index (χ1v) is 8.52. The fourth-order valence-electron chi connectivity index (χ4n) is 2.31. The first-order chi connectivity index (χ1) is 9.81. The van der Waals surface area contributed by atoms with Crippen LogP contribution >= 0.6 is 0 Å². The van der Waals surface area contributed by atoms with E-state index in [1.165, 1.54) is 25.0 Å². The predicted molar refractivity (Wildman–Crippen MR) is 79.8 cm³/mol. The molecule has 4 N–H and O–H groups in total. The topological polar surface area (TPSA) is 109 Å². The molecule has 2 rings (SSSR count). The molecule has 0 radical (unpaired) electrons. The lowest BCUT2D eigenvalue weighted by Gasteiger charge is -2.19. The molecule has 7 heteroatoms. The molecule has 0 amide bonds. The minimum absolute atomic E-state index is 0.0734. The molecular weight excluding hydrogens is 292 g/mol. The van der Waals surface area contributed by atoms with Crippen molar-refractivity contribution >= 4 is 21.7 Å². The normalized spacial score (nSPS) is 16.5. The van der Waals surface area contributed by atoms with Crippen LogP contribution < -0.4 is 10.5 Å². The lowest BCUT2D eigenvalue weighted by molar-refractivity contribution is 0.0697. The molecule has 1 fully saturated rings. The summed E-state index contributed by atoms with van der Waals surface area (Å²) in [5.74, 6) is -0.455. The highest BCUT2D eigenvalue weighted by molar-refractivity contribution is 7.89. The number of hydrogen-bond donors (Lipinski definition) is 3. The van der Waals surface area contributed by atoms with Gasteiger partial charge in [-0.25, -0.2) is 18.4 Å². The molecule has 1 aromatic carbocycles. The summed E-state index contributed by atoms with van der Waals surface area (Å²) in [6.07, 6.45) is 4.35. The van der Waals surface area contributed by atoms with Crippen LogP contribution in [0.3, 0.4) is 0 Å². The van der Waals surface area contributed by atoms with Crippen molar-refractivity contribution in [3.8, 4) is 0 Å². The molecule has 0 bridgehead atoms. The fourth-order valence-corrected chi connectivity index (χ4v) is 2.85. The molecule has 21 heavy (non-hydrogen) atoms. The zero-order valence-corrected chi connectivity index (χ0v) is 12.7. The fraction of sp³-hybridized carbons (Fsp3) is 0.500. The number of carbonyl (C=O) groups is 1. The SMILES string of the molecule is CCC(CC1CC1)Nc1ccc(S(N)(=O)=O)cc1C(=O)O. The van der Waals surface area contributed by atoms with Crippen LogP contribution in [0, 0.1) is 5.92 Å². The number of nitrogens with two attached hydrogens (primary N) is 1. The summed E-state index contributed by atoms with van der Waals surface area (Å²) >= 11 is 0. The van der Waals surface area contributed by atoms with Crippen LogP contribution in [-0.4, -0.2) is 25.5 Å². The Labute approximate surface area is 124 Å². The summed E-state index contributed by atoms with van der Waals surface area (Å²) < 4.78 is 22.6. The van der Waals surface area contributed by atoms with Gasteiger partial charge in [-0.15, -0.1) is 0 Å². The molecule has 1 saturated carbocycles. The third kappa shape index (κ3) is 4.18. The molecule has 0 aliphatic heterocycles. The molecule has 0 aromatic heterocycles. The van der Waals surface area contributed by atoms with Crippen LogP contribution in [0.2, 0.25) is 0 Å². The van der Waals surface area contributed by atoms with E-state index in [4.69, 9.17) is 5.14 Å². The van der Waals surface area contributed by atoms with E-state index in [0.29, 0.717) is 5.69 Å². The van der Waals surface area contributed by atoms with Gasteiger partial charge in [-0.3, -0.25) is 0 Å². The number of carboxylic acids is 1. The summed E-state index contributed by atoms with van der Waals surface area (Å²) in [7, 11) is -3.91. The quantitative estimate of drug-likeness (QED) is 0.713. The molecule has 1 aromatic rings. The van der Waals surface area contributed by atoms with E-state index in [1.807, 2.05) is 6.92 Å². The van der Waals surface area contributed by atoms with Gasteiger partial charge in [0, 0.05) is 11.7 Å². The van der Waals surface area contributed by atoms with Crippen LogP contribution in [0.15, 0.2) is 23.1 Å². The molecule has 1 aliphatic carbocycles. The van der Waals surface area contributed by atoms with Gasteiger partial charge in [0.1, 0.15) is 0 Å². The van der Waals surface area contributed by atoms with E-state index >= 15 is 0 Å². The Morgan fingerprint density at radius 3 is 2.62 bits per heavy atom. The molecule has 0 spiro atoms. The van der Waals surface area contributed by atoms with Crippen LogP contribution in [0.4, 0.5) is 5.69 Å². The van der Waals surface area contributed by atoms with Gasteiger partial charge in [0.2, 0.25) is 10.0 Å². The Morgan fingerprint density at radius 2 is 2.14 bits per heavy atom. The van der Waals surface area contributed by atoms with Crippen LogP contribution in [0.5, 0.6) is 0 Å². The van der Waals surface area contributed by atoms with Crippen LogP contribution in [-0.2, 0) is 10.0 Å². The lowest BCUT2D eigenvalue weighted by atomic mass is 10.1. The average Bonchev–Trinajstić information content (AvgIpc) is 3.20. The van der Waals surface area contributed by atoms with Crippen molar-refractivity contribution in [1.29, 1.82) is 0 Å². The van der Waals surface area contributed by atoms with E-state index in [0.717, 1.165) is 24.8 Å². The third-order valence-electron chi connectivity index (χ3n) is 3.72. The lowest BCUT2D eigenvalue weighted by Crippen LogP contribution is -2.21. The number of primary sulfonamides is 1. The predicted octanol–water partition coefficient (Wildman–Crippen LogP) is 2.02. The molecule has 1 unspecified atom stereocenters. The second-order valence-corrected chi connectivity index (χ2v) is 7.05. The second-order valence-electron chi connectivity index (χ2n) is 5.49. The van der Waals surface area contributed by atoms with Crippen molar-refractivity contribution in [3.63, 3.8) is 0 Å². The number of sulfonamides is 1. The molecule has 0 saturated heterocycles. The van der Waals surface area contributed by atoms with E-state index in [2.05, 4.69) is 5.32 Å². The minimum atomic E-state index is -3.91. The Kier molecular flexibility index (Phi) is 4.53. The van der Waals surface area contributed by atoms with Crippen molar-refractivity contribution in [2.75, 3.05) is 5.32 Å². The van der Waals surface area contributed by atoms with Gasteiger partial charge in [-0.05, 0) is 37.0 Å². The van der Waals surface area contributed by atoms with Crippen LogP contribution in [0.25, 0.3) is 0 Å². The number of nitrogens with one attached hydrogen (secondary N) is 1. The molecule has 6 nitrogen and oxygen atoms in total. The zero-order chi connectivity index (χ0) is 15.6. The van der Waals surface area contributed by atoms with Crippen molar-refractivity contribution in [2.24, 2.45) is 11.1 Å². The van der Waals surface area contributed by atoms with E-state index in [1.54, 1.807) is 0 Å². The number of anilines is 1. The third-order valence-corrected chi connectivity index (χ3v) is 4.63. The van der Waals surface area contributed by atoms with E-state index in [9.17, 15) is 18.3 Å². The highest BCUT2D eigenvalue weighted by Gasteiger charge is 2.25. The van der Waals surface area contributed by atoms with Gasteiger partial charge in [0.05, 0.1) is 10.5 Å². The summed E-state index contributed by atoms with van der Waals surface area (Å²) in [5, 5.41) is 17.5. The van der Waals surface area contributed by atoms with Gasteiger partial charge < -0.3 is 10.4 Å². The molecule has 1 atom stereocenters. The molecule has 1 aliphatic rings. The minimum Gasteiger partial charge on any atom is -0.478 e. The van der Waals surface area contributed by atoms with Gasteiger partial charge >= 0.3 is 5.97 Å². The Morgan fingerprint density at radius 1 is 1.48 bits per heavy atom. The Hall–Kier alpha value is -1.60. The monoisotopic (exact) mass is 312 g/mol. The Balaban J connectivity index is 2.27. The molecule has 116 valence electrons. The smallest absolute Gasteiger partial charge is 0.337 e. The maximum atomic E-state index is 11.3. The molecular formula is C14H20N2O4S. The average molecular weight is 312 g/mol. The maximum Gasteiger partial charge on any atom is 0.337 e. The first kappa shape index (κ1) is 15.8. The van der Waals surface area contributed by atoms with Crippen molar-refractivity contribution in [1.82, 2.24) is 0 Å². The molecule has 0 heterocycles. The first-order valence-electron chi connectivity index (χ1n) is 6.98. The van der Waals surface area contributed by atoms with Gasteiger partial charge in [0.25, 0.3) is 0 Å². The number of benzene rings is 1. The van der Waals surface area contributed by atoms with E-state index in [-0.39, 0.29) is 16.5 Å². The summed E-state index contributed by atoms with van der Waals surface area (Å²) in [6, 6.07) is 4.09. The second kappa shape index (κ2) is 6.03. The van der Waals surface area contributed by atoms with Crippen molar-refractivity contribution in [3.05, 3.63) is 23.8 Å². The number of carboxylic acid groups (broad SMARTS) is 1. The number of aromatic carboxylic acids is 1. The van der Waals surface area contributed by atoms with Crippen molar-refractivity contribution < 1.29 is 18.3 Å². The highest BCUT2D eigenvalue weighted by atomic mass is 32.2. The summed E-state index contributed by atoms with van der Waals surface area (Å²) in [4.78, 5) is 11.1. The van der Waals surface area contributed by atoms with Gasteiger partial charge in [-0.1, -0.05) is 19.8 Å². The summed E-state index contributed by atoms with van der Waals surface area (Å²) in [5.41, 5.74) is 0.359. The van der Waals surface area contributed by atoms with Gasteiger partial charge in [-0.2, -0.15) is 0 Å². The Bertz CT molecular complexity index is 638. The zero-order valence-electron chi connectivity index (χ0n) is 11.9. The van der Waals surface area contributed by atoms with Crippen LogP contribution in [0.1, 0.15) is 43.0 Å². The number of rotatable bonds is 7. The standard InChI is InChI=1S/C14H20N2O4S/c1-2-10(7-9-3-4-9)16-13-6-5-11(21(15,19)20)8-12(13)14(17)18/h5-6,8-10,16H,2-4,7H2,1H3,(H,17,18)(H2,15,19,20). The van der Waals surface area contributed by atoms with Crippen molar-refractivity contribution in [2.45, 2.75) is 43.5 Å². The summed E-state index contributed by atoms with van der Waals surface area (Å²) in [6.45, 7) is 2.04. The van der Waals surface area contributed by atoms with Gasteiger partial charge in [0.15, 0.2) is 0 Å². The maximum absolute atomic E-state index is 11.3.